The van der Waals surface area contributed by atoms with Gasteiger partial charge in [-0.2, -0.15) is 0 Å². The molecule has 0 aliphatic heterocycles. The molecule has 1 nitrogen and oxygen atoms in total. The van der Waals surface area contributed by atoms with Gasteiger partial charge in [0.05, 0.1) is 5.41 Å². The zero-order chi connectivity index (χ0) is 32.8. The van der Waals surface area contributed by atoms with Crippen molar-refractivity contribution in [1.29, 1.82) is 0 Å². The van der Waals surface area contributed by atoms with Crippen LogP contribution < -0.4 is 4.90 Å². The Labute approximate surface area is 288 Å². The van der Waals surface area contributed by atoms with Crippen molar-refractivity contribution >= 4 is 27.8 Å². The zero-order valence-corrected chi connectivity index (χ0v) is 27.4. The number of hydrogen-bond acceptors (Lipinski definition) is 1. The SMILES string of the molecule is Cc1ccc2c(c1)-c1cc3ccccc3cc1C2(c1ccccc1)c1cccc(-c2cccc(N(c3ccccc3)c3ccccc3)c2)c1. The van der Waals surface area contributed by atoms with Gasteiger partial charge in [-0.05, 0) is 117 Å². The minimum atomic E-state index is -0.475. The number of hydrogen-bond donors (Lipinski definition) is 0. The van der Waals surface area contributed by atoms with Crippen LogP contribution in [0.3, 0.4) is 0 Å². The van der Waals surface area contributed by atoms with Gasteiger partial charge in [0.25, 0.3) is 0 Å². The molecule has 0 saturated carbocycles. The second kappa shape index (κ2) is 11.8. The van der Waals surface area contributed by atoms with Crippen LogP contribution in [-0.2, 0) is 5.41 Å². The number of nitrogens with zero attached hydrogens (tertiary/aromatic N) is 1. The zero-order valence-electron chi connectivity index (χ0n) is 27.4. The topological polar surface area (TPSA) is 3.24 Å². The molecule has 8 aromatic rings. The van der Waals surface area contributed by atoms with Gasteiger partial charge in [-0.25, -0.2) is 0 Å². The van der Waals surface area contributed by atoms with E-state index < -0.39 is 5.41 Å². The maximum Gasteiger partial charge on any atom is 0.0714 e. The van der Waals surface area contributed by atoms with Gasteiger partial charge in [-0.15, -0.1) is 0 Å². The molecule has 0 fully saturated rings. The van der Waals surface area contributed by atoms with E-state index in [4.69, 9.17) is 0 Å². The van der Waals surface area contributed by atoms with E-state index in [2.05, 4.69) is 206 Å². The summed E-state index contributed by atoms with van der Waals surface area (Å²) in [6.45, 7) is 2.20. The first-order valence-electron chi connectivity index (χ1n) is 17.0. The molecule has 49 heavy (non-hydrogen) atoms. The molecule has 0 amide bonds. The van der Waals surface area contributed by atoms with Crippen LogP contribution in [0.4, 0.5) is 17.1 Å². The number of aryl methyl sites for hydroxylation is 1. The largest absolute Gasteiger partial charge is 0.310 e. The predicted octanol–water partition coefficient (Wildman–Crippen LogP) is 12.6. The van der Waals surface area contributed by atoms with Crippen molar-refractivity contribution in [2.75, 3.05) is 4.90 Å². The summed E-state index contributed by atoms with van der Waals surface area (Å²) in [6, 6.07) is 71.1. The van der Waals surface area contributed by atoms with Gasteiger partial charge in [0.15, 0.2) is 0 Å². The molecule has 0 heterocycles. The van der Waals surface area contributed by atoms with E-state index in [1.807, 2.05) is 0 Å². The lowest BCUT2D eigenvalue weighted by Crippen LogP contribution is -2.28. The van der Waals surface area contributed by atoms with E-state index in [1.54, 1.807) is 0 Å². The van der Waals surface area contributed by atoms with Gasteiger partial charge in [0, 0.05) is 17.1 Å². The van der Waals surface area contributed by atoms with Crippen molar-refractivity contribution in [1.82, 2.24) is 0 Å². The molecule has 9 rings (SSSR count). The van der Waals surface area contributed by atoms with Gasteiger partial charge in [-0.3, -0.25) is 0 Å². The fourth-order valence-corrected chi connectivity index (χ4v) is 7.96. The van der Waals surface area contributed by atoms with Gasteiger partial charge < -0.3 is 4.90 Å². The van der Waals surface area contributed by atoms with Gasteiger partial charge in [0.2, 0.25) is 0 Å². The number of benzene rings is 8. The van der Waals surface area contributed by atoms with Crippen LogP contribution in [0.25, 0.3) is 33.0 Å². The van der Waals surface area contributed by atoms with Crippen molar-refractivity contribution in [3.05, 3.63) is 222 Å². The summed E-state index contributed by atoms with van der Waals surface area (Å²) >= 11 is 0. The minimum absolute atomic E-state index is 0.475. The molecule has 1 aliphatic carbocycles. The summed E-state index contributed by atoms with van der Waals surface area (Å²) < 4.78 is 0. The Kier molecular flexibility index (Phi) is 6.99. The number of para-hydroxylation sites is 2. The van der Waals surface area contributed by atoms with Gasteiger partial charge in [0.1, 0.15) is 0 Å². The second-order valence-electron chi connectivity index (χ2n) is 13.0. The minimum Gasteiger partial charge on any atom is -0.310 e. The Morgan fingerprint density at radius 1 is 0.367 bits per heavy atom. The summed E-state index contributed by atoms with van der Waals surface area (Å²) in [5.41, 5.74) is 14.4. The van der Waals surface area contributed by atoms with E-state index >= 15 is 0 Å². The quantitative estimate of drug-likeness (QED) is 0.178. The molecular formula is C48H35N. The Hall–Kier alpha value is -6.18. The highest BCUT2D eigenvalue weighted by atomic mass is 15.1. The van der Waals surface area contributed by atoms with Crippen molar-refractivity contribution in [2.24, 2.45) is 0 Å². The predicted molar refractivity (Wildman–Crippen MR) is 206 cm³/mol. The monoisotopic (exact) mass is 625 g/mol. The summed E-state index contributed by atoms with van der Waals surface area (Å²) in [5.74, 6) is 0. The molecule has 0 spiro atoms. The smallest absolute Gasteiger partial charge is 0.0714 e. The first-order valence-corrected chi connectivity index (χ1v) is 17.0. The molecule has 0 aromatic heterocycles. The normalized spacial score (nSPS) is 14.7. The average molecular weight is 626 g/mol. The number of fused-ring (bicyclic) bond motifs is 4. The van der Waals surface area contributed by atoms with Gasteiger partial charge in [-0.1, -0.05) is 145 Å². The molecule has 0 saturated heterocycles. The summed E-state index contributed by atoms with van der Waals surface area (Å²) in [4.78, 5) is 2.33. The van der Waals surface area contributed by atoms with Crippen LogP contribution in [0.1, 0.15) is 27.8 Å². The van der Waals surface area contributed by atoms with Crippen LogP contribution in [-0.4, -0.2) is 0 Å². The first kappa shape index (κ1) is 29.0. The molecule has 1 atom stereocenters. The Balaban J connectivity index is 1.27. The highest BCUT2D eigenvalue weighted by Gasteiger charge is 2.46. The molecule has 8 aromatic carbocycles. The lowest BCUT2D eigenvalue weighted by atomic mass is 9.67. The van der Waals surface area contributed by atoms with Crippen LogP contribution in [0.5, 0.6) is 0 Å². The Morgan fingerprint density at radius 2 is 0.898 bits per heavy atom. The van der Waals surface area contributed by atoms with E-state index in [1.165, 1.54) is 60.8 Å². The van der Waals surface area contributed by atoms with Crippen LogP contribution in [0.2, 0.25) is 0 Å². The number of rotatable bonds is 6. The molecule has 232 valence electrons. The van der Waals surface area contributed by atoms with Crippen LogP contribution >= 0.6 is 0 Å². The van der Waals surface area contributed by atoms with Crippen molar-refractivity contribution in [3.8, 4) is 22.3 Å². The maximum atomic E-state index is 2.44. The molecular weight excluding hydrogens is 591 g/mol. The molecule has 1 unspecified atom stereocenters. The average Bonchev–Trinajstić information content (AvgIpc) is 3.44. The van der Waals surface area contributed by atoms with Crippen molar-refractivity contribution < 1.29 is 0 Å². The summed E-state index contributed by atoms with van der Waals surface area (Å²) in [6.07, 6.45) is 0. The highest BCUT2D eigenvalue weighted by Crippen LogP contribution is 2.57. The Bertz CT molecular complexity index is 2410. The highest BCUT2D eigenvalue weighted by molar-refractivity contribution is 5.96. The summed E-state index contributed by atoms with van der Waals surface area (Å²) in [7, 11) is 0. The lowest BCUT2D eigenvalue weighted by Gasteiger charge is -2.34. The lowest BCUT2D eigenvalue weighted by molar-refractivity contribution is 0.769. The molecule has 1 heteroatoms. The second-order valence-corrected chi connectivity index (χ2v) is 13.0. The fourth-order valence-electron chi connectivity index (χ4n) is 7.96. The third kappa shape index (κ3) is 4.78. The van der Waals surface area contributed by atoms with E-state index in [9.17, 15) is 0 Å². The number of anilines is 3. The molecule has 0 radical (unpaired) electrons. The maximum absolute atomic E-state index is 2.44. The van der Waals surface area contributed by atoms with E-state index in [-0.39, 0.29) is 0 Å². The standard InChI is InChI=1S/C48H35N/c1-34-27-28-46-44(29-34)45-32-37-15-11-12-16-38(37)33-47(45)48(46,39-19-5-2-6-20-39)40-21-13-17-35(30-40)36-18-14-26-43(31-36)49(41-22-7-3-8-23-41)42-24-9-4-10-25-42/h2-33H,1H3. The third-order valence-corrected chi connectivity index (χ3v) is 10.1. The van der Waals surface area contributed by atoms with Crippen LogP contribution in [0, 0.1) is 6.92 Å². The third-order valence-electron chi connectivity index (χ3n) is 10.1. The van der Waals surface area contributed by atoms with Gasteiger partial charge >= 0.3 is 0 Å². The summed E-state index contributed by atoms with van der Waals surface area (Å²) in [5, 5.41) is 2.53. The fraction of sp³-hybridized carbons (Fsp3) is 0.0417. The van der Waals surface area contributed by atoms with Crippen molar-refractivity contribution in [3.63, 3.8) is 0 Å². The van der Waals surface area contributed by atoms with E-state index in [0.717, 1.165) is 17.1 Å². The van der Waals surface area contributed by atoms with Crippen LogP contribution in [0.15, 0.2) is 194 Å². The van der Waals surface area contributed by atoms with E-state index in [0.29, 0.717) is 0 Å². The van der Waals surface area contributed by atoms with Crippen molar-refractivity contribution in [2.45, 2.75) is 12.3 Å². The molecule has 0 N–H and O–H groups in total. The molecule has 1 aliphatic rings. The molecule has 0 bridgehead atoms. The Morgan fingerprint density at radius 3 is 1.59 bits per heavy atom. The first-order chi connectivity index (χ1) is 24.2.